The maximum atomic E-state index is 11.8. The second-order valence-corrected chi connectivity index (χ2v) is 7.67. The van der Waals surface area contributed by atoms with Crippen LogP contribution in [0.15, 0.2) is 59.2 Å². The summed E-state index contributed by atoms with van der Waals surface area (Å²) in [5.74, 6) is 1.85. The fraction of sp³-hybridized carbons (Fsp3) is 0.231. The Hall–Kier alpha value is -3.64. The molecule has 6 nitrogen and oxygen atoms in total. The molecule has 5 rings (SSSR count). The van der Waals surface area contributed by atoms with Gasteiger partial charge in [-0.2, -0.15) is 0 Å². The van der Waals surface area contributed by atoms with Gasteiger partial charge >= 0.3 is 0 Å². The Kier molecular flexibility index (Phi) is 4.94. The van der Waals surface area contributed by atoms with E-state index in [2.05, 4.69) is 0 Å². The van der Waals surface area contributed by atoms with Crippen molar-refractivity contribution < 1.29 is 28.5 Å². The van der Waals surface area contributed by atoms with Gasteiger partial charge in [-0.3, -0.25) is 0 Å². The predicted molar refractivity (Wildman–Crippen MR) is 121 cm³/mol. The van der Waals surface area contributed by atoms with E-state index in [-0.39, 0.29) is 0 Å². The Morgan fingerprint density at radius 2 is 1.56 bits per heavy atom. The monoisotopic (exact) mass is 432 g/mol. The highest BCUT2D eigenvalue weighted by molar-refractivity contribution is 6.00. The summed E-state index contributed by atoms with van der Waals surface area (Å²) in [7, 11) is 6.39. The average molecular weight is 432 g/mol. The third kappa shape index (κ3) is 2.83. The number of hydrogen-bond acceptors (Lipinski definition) is 6. The van der Waals surface area contributed by atoms with Crippen molar-refractivity contribution >= 4 is 11.0 Å². The van der Waals surface area contributed by atoms with Gasteiger partial charge in [0, 0.05) is 22.4 Å². The topological polar surface area (TPSA) is 70.3 Å². The van der Waals surface area contributed by atoms with Crippen LogP contribution >= 0.6 is 0 Å². The minimum atomic E-state index is -0.850. The molecule has 32 heavy (non-hydrogen) atoms. The fourth-order valence-corrected chi connectivity index (χ4v) is 4.77. The highest BCUT2D eigenvalue weighted by Gasteiger charge is 2.38. The molecule has 0 saturated carbocycles. The molecule has 1 aliphatic rings. The molecule has 0 saturated heterocycles. The van der Waals surface area contributed by atoms with Crippen LogP contribution < -0.4 is 18.9 Å². The number of methoxy groups -OCH3 is 4. The van der Waals surface area contributed by atoms with Crippen LogP contribution in [-0.2, 0) is 0 Å². The standard InChI is InChI=1S/C26H24O6/c1-28-15-10-8-14(9-11-15)21-23-17(12-20(29-2)25(30-3)26(23)31-4)18-13-32-19-7-5-6-16(22(18)19)24(21)27/h5-13,21,24,27H,1-4H3/t21-,24+/m0/s1. The predicted octanol–water partition coefficient (Wildman–Crippen LogP) is 5.31. The van der Waals surface area contributed by atoms with Crippen LogP contribution in [0, 0.1) is 0 Å². The van der Waals surface area contributed by atoms with Crippen molar-refractivity contribution in [3.63, 3.8) is 0 Å². The molecule has 1 aliphatic carbocycles. The number of fused-ring (bicyclic) bond motifs is 2. The van der Waals surface area contributed by atoms with Gasteiger partial charge in [-0.05, 0) is 41.0 Å². The molecule has 1 N–H and O–H groups in total. The first-order valence-corrected chi connectivity index (χ1v) is 10.3. The van der Waals surface area contributed by atoms with E-state index in [0.29, 0.717) is 22.8 Å². The molecule has 0 amide bonds. The van der Waals surface area contributed by atoms with Gasteiger partial charge in [-0.15, -0.1) is 0 Å². The second kappa shape index (κ2) is 7.80. The number of benzene rings is 3. The molecule has 0 unspecified atom stereocenters. The summed E-state index contributed by atoms with van der Waals surface area (Å²) in [5.41, 5.74) is 4.98. The van der Waals surface area contributed by atoms with E-state index in [1.165, 1.54) is 0 Å². The lowest BCUT2D eigenvalue weighted by molar-refractivity contribution is 0.159. The van der Waals surface area contributed by atoms with E-state index in [1.54, 1.807) is 34.7 Å². The van der Waals surface area contributed by atoms with Crippen molar-refractivity contribution in [1.29, 1.82) is 0 Å². The van der Waals surface area contributed by atoms with Crippen LogP contribution in [0.2, 0.25) is 0 Å². The maximum absolute atomic E-state index is 11.8. The van der Waals surface area contributed by atoms with Crippen molar-refractivity contribution in [3.05, 3.63) is 71.5 Å². The Bertz CT molecular complexity index is 1290. The second-order valence-electron chi connectivity index (χ2n) is 7.67. The number of rotatable bonds is 5. The first-order valence-electron chi connectivity index (χ1n) is 10.3. The first-order chi connectivity index (χ1) is 15.6. The van der Waals surface area contributed by atoms with E-state index in [1.807, 2.05) is 48.5 Å². The lowest BCUT2D eigenvalue weighted by Gasteiger charge is -2.27. The summed E-state index contributed by atoms with van der Waals surface area (Å²) in [4.78, 5) is 0. The van der Waals surface area contributed by atoms with Crippen molar-refractivity contribution in [2.45, 2.75) is 12.0 Å². The van der Waals surface area contributed by atoms with E-state index in [0.717, 1.165) is 39.0 Å². The van der Waals surface area contributed by atoms with Crippen LogP contribution in [0.1, 0.15) is 28.7 Å². The molecule has 0 radical (unpaired) electrons. The summed E-state index contributed by atoms with van der Waals surface area (Å²) >= 11 is 0. The normalized spacial score (nSPS) is 16.9. The lowest BCUT2D eigenvalue weighted by Crippen LogP contribution is -2.14. The summed E-state index contributed by atoms with van der Waals surface area (Å²) in [6.45, 7) is 0. The highest BCUT2D eigenvalue weighted by atomic mass is 16.5. The molecule has 164 valence electrons. The van der Waals surface area contributed by atoms with E-state index < -0.39 is 12.0 Å². The third-order valence-electron chi connectivity index (χ3n) is 6.21. The zero-order valence-electron chi connectivity index (χ0n) is 18.3. The van der Waals surface area contributed by atoms with Crippen molar-refractivity contribution in [3.8, 4) is 34.1 Å². The van der Waals surface area contributed by atoms with Gasteiger partial charge in [-0.1, -0.05) is 24.3 Å². The zero-order chi connectivity index (χ0) is 22.4. The Balaban J connectivity index is 1.90. The van der Waals surface area contributed by atoms with Crippen LogP contribution in [0.5, 0.6) is 23.0 Å². The van der Waals surface area contributed by atoms with Crippen LogP contribution in [0.25, 0.3) is 22.1 Å². The number of aliphatic hydroxyl groups is 1. The molecule has 6 heteroatoms. The van der Waals surface area contributed by atoms with E-state index in [9.17, 15) is 5.11 Å². The van der Waals surface area contributed by atoms with Crippen molar-refractivity contribution in [2.24, 2.45) is 0 Å². The first kappa shape index (κ1) is 20.3. The number of furan rings is 1. The molecule has 0 bridgehead atoms. The number of ether oxygens (including phenoxy) is 4. The minimum absolute atomic E-state index is 0.427. The van der Waals surface area contributed by atoms with E-state index in [4.69, 9.17) is 23.4 Å². The van der Waals surface area contributed by atoms with Gasteiger partial charge in [0.1, 0.15) is 11.3 Å². The minimum Gasteiger partial charge on any atom is -0.497 e. The van der Waals surface area contributed by atoms with Gasteiger partial charge in [0.25, 0.3) is 0 Å². The Morgan fingerprint density at radius 3 is 2.22 bits per heavy atom. The highest BCUT2D eigenvalue weighted by Crippen LogP contribution is 2.56. The molecular formula is C26H24O6. The van der Waals surface area contributed by atoms with Crippen LogP contribution in [0.4, 0.5) is 0 Å². The van der Waals surface area contributed by atoms with Crippen LogP contribution in [0.3, 0.4) is 0 Å². The van der Waals surface area contributed by atoms with Gasteiger partial charge in [-0.25, -0.2) is 0 Å². The molecule has 4 aromatic rings. The zero-order valence-corrected chi connectivity index (χ0v) is 18.3. The average Bonchev–Trinajstić information content (AvgIpc) is 3.23. The molecule has 2 atom stereocenters. The van der Waals surface area contributed by atoms with Crippen molar-refractivity contribution in [1.82, 2.24) is 0 Å². The summed E-state index contributed by atoms with van der Waals surface area (Å²) in [6, 6.07) is 15.4. The number of aliphatic hydroxyl groups excluding tert-OH is 1. The van der Waals surface area contributed by atoms with Gasteiger partial charge < -0.3 is 28.5 Å². The molecule has 0 aliphatic heterocycles. The third-order valence-corrected chi connectivity index (χ3v) is 6.21. The lowest BCUT2D eigenvalue weighted by atomic mass is 9.82. The van der Waals surface area contributed by atoms with Gasteiger partial charge in [0.15, 0.2) is 11.5 Å². The number of hydrogen-bond donors (Lipinski definition) is 1. The molecule has 0 fully saturated rings. The molecular weight excluding hydrogens is 408 g/mol. The molecule has 3 aromatic carbocycles. The van der Waals surface area contributed by atoms with E-state index >= 15 is 0 Å². The maximum Gasteiger partial charge on any atom is 0.203 e. The van der Waals surface area contributed by atoms with Crippen molar-refractivity contribution in [2.75, 3.05) is 28.4 Å². The quantitative estimate of drug-likeness (QED) is 0.461. The SMILES string of the molecule is COc1ccc([C@H]2c3c(cc(OC)c(OC)c3OC)-c3coc4cccc(c34)[C@H]2O)cc1. The summed E-state index contributed by atoms with van der Waals surface area (Å²) < 4.78 is 28.4. The van der Waals surface area contributed by atoms with Gasteiger partial charge in [0.05, 0.1) is 40.8 Å². The van der Waals surface area contributed by atoms with Gasteiger partial charge in [0.2, 0.25) is 5.75 Å². The Labute approximate surface area is 185 Å². The molecule has 1 aromatic heterocycles. The Morgan fingerprint density at radius 1 is 0.812 bits per heavy atom. The molecule has 1 heterocycles. The summed E-state index contributed by atoms with van der Waals surface area (Å²) in [6.07, 6.45) is 0.873. The summed E-state index contributed by atoms with van der Waals surface area (Å²) in [5, 5.41) is 12.6. The van der Waals surface area contributed by atoms with Crippen LogP contribution in [-0.4, -0.2) is 33.5 Å². The fourth-order valence-electron chi connectivity index (χ4n) is 4.77. The smallest absolute Gasteiger partial charge is 0.203 e. The largest absolute Gasteiger partial charge is 0.497 e. The molecule has 0 spiro atoms.